The topological polar surface area (TPSA) is 48.3 Å². The Balaban J connectivity index is 1.64. The van der Waals surface area contributed by atoms with E-state index in [9.17, 15) is 0 Å². The predicted octanol–water partition coefficient (Wildman–Crippen LogP) is 2.02. The van der Waals surface area contributed by atoms with E-state index in [1.807, 2.05) is 6.07 Å². The van der Waals surface area contributed by atoms with Crippen LogP contribution in [0.2, 0.25) is 5.02 Å². The van der Waals surface area contributed by atoms with Crippen LogP contribution in [-0.4, -0.2) is 44.3 Å². The summed E-state index contributed by atoms with van der Waals surface area (Å²) in [5, 5.41) is 12.8. The van der Waals surface area contributed by atoms with Crippen LogP contribution in [0, 0.1) is 11.3 Å². The number of hydrogen-bond donors (Lipinski definition) is 1. The molecule has 2 rings (SSSR count). The van der Waals surface area contributed by atoms with Gasteiger partial charge in [-0.3, -0.25) is 4.90 Å². The number of morpholine rings is 1. The van der Waals surface area contributed by atoms with E-state index >= 15 is 0 Å². The molecule has 0 aromatic heterocycles. The van der Waals surface area contributed by atoms with Crippen molar-refractivity contribution in [3.63, 3.8) is 0 Å². The van der Waals surface area contributed by atoms with Gasteiger partial charge in [0, 0.05) is 24.7 Å². The van der Waals surface area contributed by atoms with E-state index in [0.717, 1.165) is 57.9 Å². The van der Waals surface area contributed by atoms with Crippen LogP contribution in [0.1, 0.15) is 17.5 Å². The highest BCUT2D eigenvalue weighted by Gasteiger charge is 2.09. The molecular formula is C15H20ClN3O. The van der Waals surface area contributed by atoms with E-state index in [-0.39, 0.29) is 0 Å². The quantitative estimate of drug-likeness (QED) is 0.815. The van der Waals surface area contributed by atoms with Crippen LogP contribution in [0.3, 0.4) is 0 Å². The van der Waals surface area contributed by atoms with E-state index in [1.165, 1.54) is 0 Å². The lowest BCUT2D eigenvalue weighted by atomic mass is 10.1. The third-order valence-corrected chi connectivity index (χ3v) is 3.78. The second kappa shape index (κ2) is 8.23. The first-order valence-electron chi connectivity index (χ1n) is 6.99. The molecule has 1 saturated heterocycles. The molecule has 1 aromatic carbocycles. The fourth-order valence-electron chi connectivity index (χ4n) is 2.24. The standard InChI is InChI=1S/C15H20ClN3O/c16-15-10-13(11-17)2-3-14(15)12-18-4-1-5-19-6-8-20-9-7-19/h2-3,10,18H,1,4-9,12H2. The summed E-state index contributed by atoms with van der Waals surface area (Å²) in [6.45, 7) is 6.62. The van der Waals surface area contributed by atoms with E-state index < -0.39 is 0 Å². The first kappa shape index (κ1) is 15.3. The Morgan fingerprint density at radius 1 is 1.35 bits per heavy atom. The average Bonchev–Trinajstić information content (AvgIpc) is 2.49. The fourth-order valence-corrected chi connectivity index (χ4v) is 2.48. The Bertz CT molecular complexity index is 467. The van der Waals surface area contributed by atoms with Crippen molar-refractivity contribution < 1.29 is 4.74 Å². The molecule has 0 bridgehead atoms. The molecule has 1 aromatic rings. The van der Waals surface area contributed by atoms with Crippen LogP contribution < -0.4 is 5.32 Å². The molecule has 1 aliphatic heterocycles. The highest BCUT2D eigenvalue weighted by molar-refractivity contribution is 6.31. The Morgan fingerprint density at radius 2 is 2.15 bits per heavy atom. The summed E-state index contributed by atoms with van der Waals surface area (Å²) in [4.78, 5) is 2.43. The van der Waals surface area contributed by atoms with Crippen LogP contribution in [0.25, 0.3) is 0 Å². The largest absolute Gasteiger partial charge is 0.379 e. The minimum atomic E-state index is 0.603. The van der Waals surface area contributed by atoms with Crippen LogP contribution >= 0.6 is 11.6 Å². The Kier molecular flexibility index (Phi) is 6.28. The lowest BCUT2D eigenvalue weighted by Crippen LogP contribution is -2.37. The zero-order chi connectivity index (χ0) is 14.2. The molecule has 0 radical (unpaired) electrons. The third kappa shape index (κ3) is 4.77. The van der Waals surface area contributed by atoms with Crippen LogP contribution in [-0.2, 0) is 11.3 Å². The molecule has 0 spiro atoms. The molecule has 1 aliphatic rings. The minimum Gasteiger partial charge on any atom is -0.379 e. The predicted molar refractivity (Wildman–Crippen MR) is 79.7 cm³/mol. The number of ether oxygens (including phenoxy) is 1. The second-order valence-corrected chi connectivity index (χ2v) is 5.31. The molecule has 1 N–H and O–H groups in total. The first-order valence-corrected chi connectivity index (χ1v) is 7.37. The zero-order valence-corrected chi connectivity index (χ0v) is 12.3. The van der Waals surface area contributed by atoms with Crippen molar-refractivity contribution in [1.82, 2.24) is 10.2 Å². The van der Waals surface area contributed by atoms with Crippen molar-refractivity contribution in [2.45, 2.75) is 13.0 Å². The highest BCUT2D eigenvalue weighted by Crippen LogP contribution is 2.17. The van der Waals surface area contributed by atoms with E-state index in [4.69, 9.17) is 21.6 Å². The van der Waals surface area contributed by atoms with Crippen LogP contribution in [0.5, 0.6) is 0 Å². The number of halogens is 1. The average molecular weight is 294 g/mol. The van der Waals surface area contributed by atoms with Gasteiger partial charge >= 0.3 is 0 Å². The molecular weight excluding hydrogens is 274 g/mol. The zero-order valence-electron chi connectivity index (χ0n) is 11.6. The van der Waals surface area contributed by atoms with Gasteiger partial charge < -0.3 is 10.1 Å². The van der Waals surface area contributed by atoms with Crippen LogP contribution in [0.15, 0.2) is 18.2 Å². The van der Waals surface area contributed by atoms with Gasteiger partial charge in [0.05, 0.1) is 24.8 Å². The van der Waals surface area contributed by atoms with Crippen molar-refractivity contribution in [1.29, 1.82) is 5.26 Å². The van der Waals surface area contributed by atoms with Crippen molar-refractivity contribution >= 4 is 11.6 Å². The number of benzene rings is 1. The van der Waals surface area contributed by atoms with Gasteiger partial charge in [-0.25, -0.2) is 0 Å². The summed E-state index contributed by atoms with van der Waals surface area (Å²) in [5.74, 6) is 0. The van der Waals surface area contributed by atoms with Gasteiger partial charge in [0.2, 0.25) is 0 Å². The summed E-state index contributed by atoms with van der Waals surface area (Å²) in [6.07, 6.45) is 1.12. The Hall–Kier alpha value is -1.12. The van der Waals surface area contributed by atoms with Crippen molar-refractivity contribution in [3.05, 3.63) is 34.3 Å². The maximum absolute atomic E-state index is 8.78. The third-order valence-electron chi connectivity index (χ3n) is 3.43. The van der Waals surface area contributed by atoms with E-state index in [2.05, 4.69) is 16.3 Å². The van der Waals surface area contributed by atoms with Gasteiger partial charge in [-0.15, -0.1) is 0 Å². The molecule has 20 heavy (non-hydrogen) atoms. The van der Waals surface area contributed by atoms with Gasteiger partial charge in [-0.05, 0) is 37.2 Å². The maximum atomic E-state index is 8.78. The van der Waals surface area contributed by atoms with E-state index in [1.54, 1.807) is 12.1 Å². The van der Waals surface area contributed by atoms with Gasteiger partial charge in [0.15, 0.2) is 0 Å². The lowest BCUT2D eigenvalue weighted by Gasteiger charge is -2.26. The summed E-state index contributed by atoms with van der Waals surface area (Å²) in [5.41, 5.74) is 1.64. The van der Waals surface area contributed by atoms with Crippen molar-refractivity contribution in [3.8, 4) is 6.07 Å². The molecule has 0 atom stereocenters. The summed E-state index contributed by atoms with van der Waals surface area (Å²) in [6, 6.07) is 7.52. The number of nitrogens with zero attached hydrogens (tertiary/aromatic N) is 2. The number of rotatable bonds is 6. The summed E-state index contributed by atoms with van der Waals surface area (Å²) in [7, 11) is 0. The Labute approximate surface area is 125 Å². The molecule has 0 amide bonds. The Morgan fingerprint density at radius 3 is 2.85 bits per heavy atom. The van der Waals surface area contributed by atoms with E-state index in [0.29, 0.717) is 10.6 Å². The first-order chi connectivity index (χ1) is 9.79. The molecule has 0 unspecified atom stereocenters. The fraction of sp³-hybridized carbons (Fsp3) is 0.533. The summed E-state index contributed by atoms with van der Waals surface area (Å²) >= 11 is 6.13. The van der Waals surface area contributed by atoms with Gasteiger partial charge in [0.1, 0.15) is 0 Å². The summed E-state index contributed by atoms with van der Waals surface area (Å²) < 4.78 is 5.32. The lowest BCUT2D eigenvalue weighted by molar-refractivity contribution is 0.0374. The molecule has 5 heteroatoms. The van der Waals surface area contributed by atoms with Crippen molar-refractivity contribution in [2.75, 3.05) is 39.4 Å². The molecule has 1 fully saturated rings. The molecule has 1 heterocycles. The number of nitrogens with one attached hydrogen (secondary N) is 1. The highest BCUT2D eigenvalue weighted by atomic mass is 35.5. The number of nitriles is 1. The molecule has 108 valence electrons. The monoisotopic (exact) mass is 293 g/mol. The van der Waals surface area contributed by atoms with Crippen LogP contribution in [0.4, 0.5) is 0 Å². The SMILES string of the molecule is N#Cc1ccc(CNCCCN2CCOCC2)c(Cl)c1. The second-order valence-electron chi connectivity index (χ2n) is 4.90. The normalized spacial score (nSPS) is 16.0. The maximum Gasteiger partial charge on any atom is 0.0992 e. The van der Waals surface area contributed by atoms with Gasteiger partial charge in [0.25, 0.3) is 0 Å². The number of hydrogen-bond acceptors (Lipinski definition) is 4. The van der Waals surface area contributed by atoms with Gasteiger partial charge in [-0.1, -0.05) is 17.7 Å². The molecule has 0 saturated carbocycles. The molecule has 4 nitrogen and oxygen atoms in total. The minimum absolute atomic E-state index is 0.603. The molecule has 0 aliphatic carbocycles. The smallest absolute Gasteiger partial charge is 0.0992 e. The van der Waals surface area contributed by atoms with Crippen molar-refractivity contribution in [2.24, 2.45) is 0 Å². The van der Waals surface area contributed by atoms with Gasteiger partial charge in [-0.2, -0.15) is 5.26 Å².